The molecule has 0 saturated carbocycles. The number of carbonyl (C=O) groups is 1. The molecule has 0 aliphatic carbocycles. The van der Waals surface area contributed by atoms with E-state index >= 15 is 0 Å². The summed E-state index contributed by atoms with van der Waals surface area (Å²) in [5, 5.41) is 17.7. The van der Waals surface area contributed by atoms with E-state index in [1.165, 1.54) is 13.8 Å². The van der Waals surface area contributed by atoms with Crippen LogP contribution in [0.25, 0.3) is 0 Å². The van der Waals surface area contributed by atoms with Gasteiger partial charge in [-0.05, 0) is 25.5 Å². The highest BCUT2D eigenvalue weighted by Crippen LogP contribution is 2.34. The minimum absolute atomic E-state index is 0.0353. The Bertz CT molecular complexity index is 387. The van der Waals surface area contributed by atoms with Crippen LogP contribution < -0.4 is 4.74 Å². The summed E-state index contributed by atoms with van der Waals surface area (Å²) in [6.07, 6.45) is -1.55. The molecule has 14 heavy (non-hydrogen) atoms. The first kappa shape index (κ1) is 10.3. The van der Waals surface area contributed by atoms with Crippen LogP contribution in [0.4, 0.5) is 9.18 Å². The SMILES string of the molecule is Cc1cc(F)c(C)c(O)c1OC(=O)O. The monoisotopic (exact) mass is 200 g/mol. The molecular formula is C9H9FO4. The highest BCUT2D eigenvalue weighted by Gasteiger charge is 2.16. The van der Waals surface area contributed by atoms with Crippen molar-refractivity contribution < 1.29 is 24.1 Å². The molecule has 76 valence electrons. The lowest BCUT2D eigenvalue weighted by molar-refractivity contribution is 0.142. The average Bonchev–Trinajstić information content (AvgIpc) is 2.09. The predicted molar refractivity (Wildman–Crippen MR) is 46.2 cm³/mol. The Morgan fingerprint density at radius 2 is 2.07 bits per heavy atom. The third-order valence-corrected chi connectivity index (χ3v) is 1.82. The van der Waals surface area contributed by atoms with Crippen molar-refractivity contribution in [2.75, 3.05) is 0 Å². The molecule has 0 atom stereocenters. The molecule has 0 aliphatic heterocycles. The molecule has 0 bridgehead atoms. The summed E-state index contributed by atoms with van der Waals surface area (Å²) in [4.78, 5) is 10.2. The molecule has 1 rings (SSSR count). The van der Waals surface area contributed by atoms with E-state index in [0.717, 1.165) is 6.07 Å². The lowest BCUT2D eigenvalue weighted by Crippen LogP contribution is -2.05. The highest BCUT2D eigenvalue weighted by molar-refractivity contribution is 5.65. The van der Waals surface area contributed by atoms with E-state index in [1.807, 2.05) is 0 Å². The number of ether oxygens (including phenoxy) is 1. The molecule has 0 unspecified atom stereocenters. The van der Waals surface area contributed by atoms with Gasteiger partial charge in [0.2, 0.25) is 0 Å². The van der Waals surface area contributed by atoms with Crippen LogP contribution in [0, 0.1) is 19.7 Å². The Hall–Kier alpha value is -1.78. The molecule has 5 heteroatoms. The summed E-state index contributed by atoms with van der Waals surface area (Å²) >= 11 is 0. The Morgan fingerprint density at radius 1 is 1.50 bits per heavy atom. The second kappa shape index (κ2) is 3.53. The molecule has 0 saturated heterocycles. The topological polar surface area (TPSA) is 66.8 Å². The summed E-state index contributed by atoms with van der Waals surface area (Å²) in [7, 11) is 0. The molecule has 0 fully saturated rings. The molecule has 0 spiro atoms. The number of phenols is 1. The van der Waals surface area contributed by atoms with E-state index in [2.05, 4.69) is 4.74 Å². The number of hydrogen-bond donors (Lipinski definition) is 2. The van der Waals surface area contributed by atoms with Gasteiger partial charge in [0, 0.05) is 5.56 Å². The Balaban J connectivity index is 3.29. The summed E-state index contributed by atoms with van der Waals surface area (Å²) in [5.74, 6) is -1.31. The number of hydrogen-bond acceptors (Lipinski definition) is 3. The third kappa shape index (κ3) is 1.76. The van der Waals surface area contributed by atoms with Crippen LogP contribution in [0.1, 0.15) is 11.1 Å². The zero-order chi connectivity index (χ0) is 10.9. The standard InChI is InChI=1S/C9H9FO4/c1-4-3-6(10)5(2)7(11)8(4)14-9(12)13/h3,11H,1-2H3,(H,12,13). The summed E-state index contributed by atoms with van der Waals surface area (Å²) in [6.45, 7) is 2.78. The molecule has 2 N–H and O–H groups in total. The van der Waals surface area contributed by atoms with Gasteiger partial charge in [-0.15, -0.1) is 0 Å². The van der Waals surface area contributed by atoms with Crippen molar-refractivity contribution in [1.82, 2.24) is 0 Å². The van der Waals surface area contributed by atoms with Crippen molar-refractivity contribution in [3.8, 4) is 11.5 Å². The molecule has 1 aromatic carbocycles. The maximum Gasteiger partial charge on any atom is 0.511 e. The second-order valence-electron chi connectivity index (χ2n) is 2.85. The number of aryl methyl sites for hydroxylation is 1. The predicted octanol–water partition coefficient (Wildman–Crippen LogP) is 2.20. The summed E-state index contributed by atoms with van der Waals surface area (Å²) < 4.78 is 17.3. The fraction of sp³-hybridized carbons (Fsp3) is 0.222. The van der Waals surface area contributed by atoms with E-state index in [0.29, 0.717) is 0 Å². The van der Waals surface area contributed by atoms with Crippen LogP contribution in [0.5, 0.6) is 11.5 Å². The smallest absolute Gasteiger partial charge is 0.504 e. The molecule has 1 aromatic rings. The first-order valence-electron chi connectivity index (χ1n) is 3.83. The first-order chi connectivity index (χ1) is 6.43. The number of benzene rings is 1. The van der Waals surface area contributed by atoms with E-state index in [4.69, 9.17) is 5.11 Å². The van der Waals surface area contributed by atoms with Crippen molar-refractivity contribution in [3.05, 3.63) is 23.0 Å². The zero-order valence-electron chi connectivity index (χ0n) is 7.67. The fourth-order valence-corrected chi connectivity index (χ4v) is 1.05. The van der Waals surface area contributed by atoms with E-state index in [-0.39, 0.29) is 16.9 Å². The van der Waals surface area contributed by atoms with Crippen LogP contribution in [-0.2, 0) is 0 Å². The third-order valence-electron chi connectivity index (χ3n) is 1.82. The molecule has 0 aromatic heterocycles. The summed E-state index contributed by atoms with van der Waals surface area (Å²) in [5.41, 5.74) is 0.194. The molecule has 0 aliphatic rings. The highest BCUT2D eigenvalue weighted by atomic mass is 19.1. The number of aromatic hydroxyl groups is 1. The van der Waals surface area contributed by atoms with Crippen LogP contribution in [0.3, 0.4) is 0 Å². The van der Waals surface area contributed by atoms with Gasteiger partial charge >= 0.3 is 6.16 Å². The van der Waals surface area contributed by atoms with E-state index in [1.54, 1.807) is 0 Å². The number of carboxylic acid groups (broad SMARTS) is 1. The van der Waals surface area contributed by atoms with Crippen molar-refractivity contribution in [2.45, 2.75) is 13.8 Å². The maximum atomic E-state index is 13.0. The van der Waals surface area contributed by atoms with Crippen molar-refractivity contribution in [3.63, 3.8) is 0 Å². The zero-order valence-corrected chi connectivity index (χ0v) is 7.67. The Morgan fingerprint density at radius 3 is 2.57 bits per heavy atom. The maximum absolute atomic E-state index is 13.0. The van der Waals surface area contributed by atoms with Crippen LogP contribution in [0.2, 0.25) is 0 Å². The van der Waals surface area contributed by atoms with E-state index in [9.17, 15) is 14.3 Å². The van der Waals surface area contributed by atoms with Gasteiger partial charge < -0.3 is 14.9 Å². The van der Waals surface area contributed by atoms with Gasteiger partial charge in [0.1, 0.15) is 5.82 Å². The first-order valence-corrected chi connectivity index (χ1v) is 3.83. The van der Waals surface area contributed by atoms with Gasteiger partial charge in [-0.25, -0.2) is 9.18 Å². The van der Waals surface area contributed by atoms with Crippen LogP contribution in [0.15, 0.2) is 6.07 Å². The average molecular weight is 200 g/mol. The van der Waals surface area contributed by atoms with Crippen LogP contribution in [-0.4, -0.2) is 16.4 Å². The van der Waals surface area contributed by atoms with Crippen molar-refractivity contribution in [1.29, 1.82) is 0 Å². The van der Waals surface area contributed by atoms with Gasteiger partial charge in [-0.1, -0.05) is 0 Å². The minimum atomic E-state index is -1.55. The van der Waals surface area contributed by atoms with Gasteiger partial charge in [0.25, 0.3) is 0 Å². The number of rotatable bonds is 1. The molecule has 4 nitrogen and oxygen atoms in total. The molecular weight excluding hydrogens is 191 g/mol. The number of halogens is 1. The molecule has 0 radical (unpaired) electrons. The lowest BCUT2D eigenvalue weighted by atomic mass is 10.1. The molecule has 0 amide bonds. The fourth-order valence-electron chi connectivity index (χ4n) is 1.05. The van der Waals surface area contributed by atoms with Crippen LogP contribution >= 0.6 is 0 Å². The van der Waals surface area contributed by atoms with Gasteiger partial charge in [-0.2, -0.15) is 0 Å². The van der Waals surface area contributed by atoms with Gasteiger partial charge in [0.05, 0.1) is 0 Å². The van der Waals surface area contributed by atoms with Crippen molar-refractivity contribution in [2.24, 2.45) is 0 Å². The number of phenolic OH excluding ortho intramolecular Hbond substituents is 1. The lowest BCUT2D eigenvalue weighted by Gasteiger charge is -2.09. The van der Waals surface area contributed by atoms with Gasteiger partial charge in [0.15, 0.2) is 11.5 Å². The molecule has 0 heterocycles. The second-order valence-corrected chi connectivity index (χ2v) is 2.85. The Kier molecular flexibility index (Phi) is 2.60. The largest absolute Gasteiger partial charge is 0.511 e. The quantitative estimate of drug-likeness (QED) is 0.538. The minimum Gasteiger partial charge on any atom is -0.504 e. The van der Waals surface area contributed by atoms with E-state index < -0.39 is 17.7 Å². The van der Waals surface area contributed by atoms with Gasteiger partial charge in [-0.3, -0.25) is 0 Å². The van der Waals surface area contributed by atoms with Crippen molar-refractivity contribution >= 4 is 6.16 Å². The Labute approximate surface area is 79.6 Å². The normalized spacial score (nSPS) is 9.93. The summed E-state index contributed by atoms with van der Waals surface area (Å²) in [6, 6.07) is 1.10.